The summed E-state index contributed by atoms with van der Waals surface area (Å²) in [6, 6.07) is 8.70. The smallest absolute Gasteiger partial charge is 0.270 e. The van der Waals surface area contributed by atoms with Gasteiger partial charge in [0.05, 0.1) is 12.4 Å². The molecule has 190 valence electrons. The first-order chi connectivity index (χ1) is 17.7. The molecule has 3 aliphatic rings. The van der Waals surface area contributed by atoms with Gasteiger partial charge in [0, 0.05) is 50.1 Å². The number of fused-ring (bicyclic) bond motifs is 1. The normalized spacial score (nSPS) is 20.3. The van der Waals surface area contributed by atoms with Crippen molar-refractivity contribution in [2.75, 3.05) is 56.0 Å². The molecule has 6 rings (SSSR count). The number of anilines is 3. The second-order valence-electron chi connectivity index (χ2n) is 10.5. The van der Waals surface area contributed by atoms with Crippen LogP contribution in [0.25, 0.3) is 11.2 Å². The van der Waals surface area contributed by atoms with Gasteiger partial charge < -0.3 is 15.5 Å². The maximum atomic E-state index is 12.6. The molecule has 2 saturated heterocycles. The summed E-state index contributed by atoms with van der Waals surface area (Å²) in [6.45, 7) is 7.98. The van der Waals surface area contributed by atoms with Gasteiger partial charge in [-0.2, -0.15) is 4.98 Å². The van der Waals surface area contributed by atoms with Crippen LogP contribution >= 0.6 is 0 Å². The lowest BCUT2D eigenvalue weighted by Gasteiger charge is -2.38. The molecule has 0 atom stereocenters. The molecule has 0 radical (unpaired) electrons. The van der Waals surface area contributed by atoms with Crippen molar-refractivity contribution in [1.82, 2.24) is 29.7 Å². The highest BCUT2D eigenvalue weighted by Crippen LogP contribution is 2.30. The summed E-state index contributed by atoms with van der Waals surface area (Å²) < 4.78 is 1.82. The molecule has 1 aliphatic carbocycles. The van der Waals surface area contributed by atoms with Gasteiger partial charge in [-0.1, -0.05) is 12.8 Å². The molecule has 2 aliphatic heterocycles. The predicted molar refractivity (Wildman–Crippen MR) is 143 cm³/mol. The topological polar surface area (TPSA) is 91.2 Å². The lowest BCUT2D eigenvalue weighted by Crippen LogP contribution is -2.48. The molecular formula is C27H36N8O. The van der Waals surface area contributed by atoms with E-state index in [0.29, 0.717) is 17.1 Å². The van der Waals surface area contributed by atoms with E-state index in [-0.39, 0.29) is 11.6 Å². The van der Waals surface area contributed by atoms with Gasteiger partial charge in [-0.05, 0) is 69.0 Å². The third kappa shape index (κ3) is 5.08. The first-order valence-corrected chi connectivity index (χ1v) is 13.5. The van der Waals surface area contributed by atoms with E-state index >= 15 is 0 Å². The summed E-state index contributed by atoms with van der Waals surface area (Å²) in [4.78, 5) is 31.1. The Kier molecular flexibility index (Phi) is 6.83. The maximum absolute atomic E-state index is 12.6. The Morgan fingerprint density at radius 1 is 0.917 bits per heavy atom. The van der Waals surface area contributed by atoms with Gasteiger partial charge in [-0.3, -0.25) is 14.3 Å². The minimum Gasteiger partial charge on any atom is -0.369 e. The molecule has 9 heteroatoms. The van der Waals surface area contributed by atoms with Gasteiger partial charge in [0.1, 0.15) is 5.52 Å². The maximum Gasteiger partial charge on any atom is 0.270 e. The Balaban J connectivity index is 1.10. The molecule has 0 bridgehead atoms. The van der Waals surface area contributed by atoms with E-state index in [0.717, 1.165) is 63.5 Å². The Bertz CT molecular complexity index is 1220. The highest BCUT2D eigenvalue weighted by atomic mass is 16.1. The van der Waals surface area contributed by atoms with Crippen molar-refractivity contribution in [1.29, 1.82) is 0 Å². The highest BCUT2D eigenvalue weighted by molar-refractivity contribution is 5.71. The second-order valence-corrected chi connectivity index (χ2v) is 10.5. The van der Waals surface area contributed by atoms with Gasteiger partial charge in [0.25, 0.3) is 5.56 Å². The fraction of sp³-hybridized carbons (Fsp3) is 0.556. The van der Waals surface area contributed by atoms with E-state index in [1.807, 2.05) is 4.57 Å². The van der Waals surface area contributed by atoms with Gasteiger partial charge in [0.15, 0.2) is 5.65 Å². The van der Waals surface area contributed by atoms with Crippen molar-refractivity contribution in [3.8, 4) is 0 Å². The third-order valence-electron chi connectivity index (χ3n) is 8.06. The summed E-state index contributed by atoms with van der Waals surface area (Å²) in [7, 11) is 0. The molecule has 9 nitrogen and oxygen atoms in total. The van der Waals surface area contributed by atoms with Crippen molar-refractivity contribution in [2.45, 2.75) is 44.6 Å². The van der Waals surface area contributed by atoms with Gasteiger partial charge in [0.2, 0.25) is 5.95 Å². The Labute approximate surface area is 211 Å². The first kappa shape index (κ1) is 23.4. The number of rotatable bonds is 6. The summed E-state index contributed by atoms with van der Waals surface area (Å²) in [5.41, 5.74) is 3.37. The zero-order valence-electron chi connectivity index (χ0n) is 20.9. The average molecular weight is 489 g/mol. The molecule has 0 spiro atoms. The van der Waals surface area contributed by atoms with Crippen molar-refractivity contribution in [3.05, 3.63) is 47.0 Å². The fourth-order valence-electron chi connectivity index (χ4n) is 6.00. The van der Waals surface area contributed by atoms with Crippen molar-refractivity contribution < 1.29 is 0 Å². The Hall–Kier alpha value is -3.04. The Morgan fingerprint density at radius 3 is 2.42 bits per heavy atom. The highest BCUT2D eigenvalue weighted by Gasteiger charge is 2.23. The van der Waals surface area contributed by atoms with E-state index < -0.39 is 0 Å². The molecule has 2 aromatic heterocycles. The minimum atomic E-state index is -0.0840. The van der Waals surface area contributed by atoms with Crippen LogP contribution < -0.4 is 21.1 Å². The molecule has 3 aromatic rings. The molecule has 3 fully saturated rings. The standard InChI is InChI=1S/C27H36N8O/c36-25-18-29-24-17-30-27(32-26(24)35(25)23-3-1-2-4-23)31-21-5-7-22(8-6-21)34-15-13-33(14-16-34)19-20-9-11-28-12-10-20/h5-8,17-18,20,23,28H,1-4,9-16,19H2,(H,30,31,32). The van der Waals surface area contributed by atoms with Crippen LogP contribution in [0, 0.1) is 5.92 Å². The minimum absolute atomic E-state index is 0.0840. The van der Waals surface area contributed by atoms with Crippen LogP contribution in [0.4, 0.5) is 17.3 Å². The van der Waals surface area contributed by atoms with E-state index in [1.54, 1.807) is 6.20 Å². The fourth-order valence-corrected chi connectivity index (χ4v) is 6.00. The predicted octanol–water partition coefficient (Wildman–Crippen LogP) is 3.17. The van der Waals surface area contributed by atoms with Crippen molar-refractivity contribution in [3.63, 3.8) is 0 Å². The van der Waals surface area contributed by atoms with E-state index in [9.17, 15) is 4.79 Å². The summed E-state index contributed by atoms with van der Waals surface area (Å²) in [5.74, 6) is 1.34. The molecule has 0 amide bonds. The zero-order chi connectivity index (χ0) is 24.3. The molecule has 2 N–H and O–H groups in total. The average Bonchev–Trinajstić information content (AvgIpc) is 3.45. The van der Waals surface area contributed by atoms with Gasteiger partial charge in [-0.15, -0.1) is 0 Å². The van der Waals surface area contributed by atoms with Crippen LogP contribution in [0.2, 0.25) is 0 Å². The third-order valence-corrected chi connectivity index (χ3v) is 8.06. The molecule has 0 unspecified atom stereocenters. The quantitative estimate of drug-likeness (QED) is 0.547. The number of piperidine rings is 1. The van der Waals surface area contributed by atoms with Gasteiger partial charge in [-0.25, -0.2) is 9.97 Å². The molecule has 4 heterocycles. The van der Waals surface area contributed by atoms with Crippen LogP contribution in [0.3, 0.4) is 0 Å². The monoisotopic (exact) mass is 488 g/mol. The van der Waals surface area contributed by atoms with E-state index in [2.05, 4.69) is 54.7 Å². The van der Waals surface area contributed by atoms with Crippen LogP contribution in [0.5, 0.6) is 0 Å². The summed E-state index contributed by atoms with van der Waals surface area (Å²) >= 11 is 0. The second kappa shape index (κ2) is 10.5. The molecule has 1 saturated carbocycles. The number of benzene rings is 1. The largest absolute Gasteiger partial charge is 0.369 e. The zero-order valence-corrected chi connectivity index (χ0v) is 20.9. The summed E-state index contributed by atoms with van der Waals surface area (Å²) in [5, 5.41) is 6.79. The lowest BCUT2D eigenvalue weighted by atomic mass is 9.97. The van der Waals surface area contributed by atoms with Crippen LogP contribution in [-0.4, -0.2) is 70.2 Å². The number of nitrogens with zero attached hydrogens (tertiary/aromatic N) is 6. The number of aromatic nitrogens is 4. The number of nitrogens with one attached hydrogen (secondary N) is 2. The van der Waals surface area contributed by atoms with Crippen LogP contribution in [0.15, 0.2) is 41.5 Å². The summed E-state index contributed by atoms with van der Waals surface area (Å²) in [6.07, 6.45) is 10.0. The van der Waals surface area contributed by atoms with Gasteiger partial charge >= 0.3 is 0 Å². The van der Waals surface area contributed by atoms with Crippen molar-refractivity contribution >= 4 is 28.5 Å². The molecule has 1 aromatic carbocycles. The van der Waals surface area contributed by atoms with E-state index in [4.69, 9.17) is 4.98 Å². The Morgan fingerprint density at radius 2 is 1.67 bits per heavy atom. The lowest BCUT2D eigenvalue weighted by molar-refractivity contribution is 0.196. The first-order valence-electron chi connectivity index (χ1n) is 13.5. The molecular weight excluding hydrogens is 452 g/mol. The number of hydrogen-bond donors (Lipinski definition) is 2. The number of hydrogen-bond acceptors (Lipinski definition) is 8. The SMILES string of the molecule is O=c1cnc2cnc(Nc3ccc(N4CCN(CC5CCNCC5)CC4)cc3)nc2n1C1CCCC1. The van der Waals surface area contributed by atoms with E-state index in [1.165, 1.54) is 44.4 Å². The van der Waals surface area contributed by atoms with Crippen LogP contribution in [-0.2, 0) is 0 Å². The van der Waals surface area contributed by atoms with Crippen LogP contribution in [0.1, 0.15) is 44.6 Å². The molecule has 36 heavy (non-hydrogen) atoms. The van der Waals surface area contributed by atoms with Crippen molar-refractivity contribution in [2.24, 2.45) is 5.92 Å². The number of piperazine rings is 1.